The van der Waals surface area contributed by atoms with Crippen molar-refractivity contribution in [3.8, 4) is 0 Å². The predicted octanol–water partition coefficient (Wildman–Crippen LogP) is 2.51. The van der Waals surface area contributed by atoms with Gasteiger partial charge < -0.3 is 14.7 Å². The van der Waals surface area contributed by atoms with E-state index in [1.54, 1.807) is 12.2 Å². The van der Waals surface area contributed by atoms with Gasteiger partial charge in [-0.1, -0.05) is 35.3 Å². The lowest BCUT2D eigenvalue weighted by molar-refractivity contribution is -0.140. The Hall–Kier alpha value is -2.42. The van der Waals surface area contributed by atoms with E-state index in [2.05, 4.69) is 10.1 Å². The maximum atomic E-state index is 13.4. The largest absolute Gasteiger partial charge is 0.482 e. The number of aliphatic hydroxyl groups is 1. The Morgan fingerprint density at radius 2 is 2.03 bits per heavy atom. The standard InChI is InChI=1S/C19H17Cl2FN4O3/c20-19(21)6-5-16-15(7-19)26(17(27)8-29-16)10-18(28,9-25-12-23-11-24-25)13-1-3-14(22)4-2-13/h1-6,11-12,28H,7-10H2. The van der Waals surface area contributed by atoms with Crippen molar-refractivity contribution in [1.29, 1.82) is 0 Å². The molecule has 1 aromatic carbocycles. The van der Waals surface area contributed by atoms with Gasteiger partial charge in [0, 0.05) is 6.42 Å². The third kappa shape index (κ3) is 4.14. The Bertz CT molecular complexity index is 976. The highest BCUT2D eigenvalue weighted by Crippen LogP contribution is 2.40. The van der Waals surface area contributed by atoms with Crippen LogP contribution >= 0.6 is 23.2 Å². The first-order valence-corrected chi connectivity index (χ1v) is 9.56. The number of alkyl halides is 2. The number of ether oxygens (including phenoxy) is 1. The SMILES string of the molecule is O=C1COC2=C(CC(Cl)(Cl)C=C2)N1CC(O)(Cn1cncn1)c1ccc(F)cc1. The van der Waals surface area contributed by atoms with Crippen LogP contribution in [0.2, 0.25) is 0 Å². The van der Waals surface area contributed by atoms with E-state index >= 15 is 0 Å². The molecular formula is C19H17Cl2FN4O3. The van der Waals surface area contributed by atoms with Crippen LogP contribution in [0.5, 0.6) is 0 Å². The number of rotatable bonds is 5. The van der Waals surface area contributed by atoms with Gasteiger partial charge in [-0.05, 0) is 29.8 Å². The first kappa shape index (κ1) is 19.9. The number of carbonyl (C=O) groups excluding carboxylic acids is 1. The second kappa shape index (κ2) is 7.44. The number of carbonyl (C=O) groups is 1. The van der Waals surface area contributed by atoms with Crippen molar-refractivity contribution < 1.29 is 19.0 Å². The summed E-state index contributed by atoms with van der Waals surface area (Å²) in [6.45, 7) is -0.310. The molecule has 10 heteroatoms. The quantitative estimate of drug-likeness (QED) is 0.725. The summed E-state index contributed by atoms with van der Waals surface area (Å²) in [5.74, 6) is -0.304. The number of hydrogen-bond donors (Lipinski definition) is 1. The van der Waals surface area contributed by atoms with Gasteiger partial charge in [-0.25, -0.2) is 14.1 Å². The fourth-order valence-corrected chi connectivity index (χ4v) is 3.79. The maximum absolute atomic E-state index is 13.4. The van der Waals surface area contributed by atoms with Crippen molar-refractivity contribution in [1.82, 2.24) is 19.7 Å². The van der Waals surface area contributed by atoms with Gasteiger partial charge in [0.05, 0.1) is 18.8 Å². The highest BCUT2D eigenvalue weighted by Gasteiger charge is 2.41. The molecule has 0 radical (unpaired) electrons. The smallest absolute Gasteiger partial charge is 0.264 e. The lowest BCUT2D eigenvalue weighted by Gasteiger charge is -2.40. The zero-order chi connectivity index (χ0) is 20.6. The molecular weight excluding hydrogens is 422 g/mol. The maximum Gasteiger partial charge on any atom is 0.264 e. The van der Waals surface area contributed by atoms with Crippen LogP contribution in [0.3, 0.4) is 0 Å². The molecule has 0 spiro atoms. The molecule has 1 amide bonds. The van der Waals surface area contributed by atoms with Crippen LogP contribution in [-0.4, -0.2) is 48.2 Å². The molecule has 0 bridgehead atoms. The number of aromatic nitrogens is 3. The minimum atomic E-state index is -1.59. The zero-order valence-corrected chi connectivity index (χ0v) is 16.6. The van der Waals surface area contributed by atoms with Gasteiger partial charge >= 0.3 is 0 Å². The highest BCUT2D eigenvalue weighted by atomic mass is 35.5. The summed E-state index contributed by atoms with van der Waals surface area (Å²) in [5, 5.41) is 15.6. The van der Waals surface area contributed by atoms with Crippen LogP contribution in [0.1, 0.15) is 12.0 Å². The van der Waals surface area contributed by atoms with Gasteiger partial charge in [-0.2, -0.15) is 5.10 Å². The molecule has 29 heavy (non-hydrogen) atoms. The predicted molar refractivity (Wildman–Crippen MR) is 103 cm³/mol. The first-order chi connectivity index (χ1) is 13.8. The van der Waals surface area contributed by atoms with Crippen molar-refractivity contribution in [2.75, 3.05) is 13.2 Å². The molecule has 0 saturated carbocycles. The summed E-state index contributed by atoms with van der Waals surface area (Å²) in [7, 11) is 0. The Labute approximate surface area is 176 Å². The number of β-amino-alcohol motifs (C(OH)–C–C–N with tert-alkyl or cyclic N) is 1. The van der Waals surface area contributed by atoms with Gasteiger partial charge in [0.25, 0.3) is 5.91 Å². The van der Waals surface area contributed by atoms with Gasteiger partial charge in [0.1, 0.15) is 34.2 Å². The van der Waals surface area contributed by atoms with E-state index in [9.17, 15) is 14.3 Å². The second-order valence-corrected chi connectivity index (χ2v) is 8.52. The summed E-state index contributed by atoms with van der Waals surface area (Å²) in [6.07, 6.45) is 6.13. The van der Waals surface area contributed by atoms with Crippen molar-refractivity contribution in [3.63, 3.8) is 0 Å². The van der Waals surface area contributed by atoms with E-state index in [1.807, 2.05) is 0 Å². The van der Waals surface area contributed by atoms with E-state index in [-0.39, 0.29) is 32.0 Å². The monoisotopic (exact) mass is 438 g/mol. The molecule has 0 fully saturated rings. The molecule has 2 aliphatic rings. The van der Waals surface area contributed by atoms with Crippen molar-refractivity contribution in [2.45, 2.75) is 22.9 Å². The van der Waals surface area contributed by atoms with Crippen LogP contribution < -0.4 is 0 Å². The van der Waals surface area contributed by atoms with Crippen LogP contribution in [0.25, 0.3) is 0 Å². The fourth-order valence-electron chi connectivity index (χ4n) is 3.41. The van der Waals surface area contributed by atoms with Crippen LogP contribution in [0.4, 0.5) is 4.39 Å². The highest BCUT2D eigenvalue weighted by molar-refractivity contribution is 6.50. The number of nitrogens with zero attached hydrogens (tertiary/aromatic N) is 4. The number of hydrogen-bond acceptors (Lipinski definition) is 5. The molecule has 1 atom stereocenters. The molecule has 0 saturated heterocycles. The Morgan fingerprint density at radius 3 is 2.72 bits per heavy atom. The molecule has 1 aliphatic carbocycles. The fraction of sp³-hybridized carbons (Fsp3) is 0.316. The normalized spacial score (nSPS) is 20.3. The molecule has 1 aliphatic heterocycles. The lowest BCUT2D eigenvalue weighted by atomic mass is 9.91. The molecule has 2 heterocycles. The van der Waals surface area contributed by atoms with E-state index in [0.717, 1.165) is 0 Å². The van der Waals surface area contributed by atoms with Gasteiger partial charge in [0.2, 0.25) is 0 Å². The third-order valence-electron chi connectivity index (χ3n) is 4.84. The molecule has 152 valence electrons. The lowest BCUT2D eigenvalue weighted by Crippen LogP contribution is -2.49. The zero-order valence-electron chi connectivity index (χ0n) is 15.1. The van der Waals surface area contributed by atoms with Crippen molar-refractivity contribution in [2.24, 2.45) is 0 Å². The summed E-state index contributed by atoms with van der Waals surface area (Å²) in [4.78, 5) is 18.0. The summed E-state index contributed by atoms with van der Waals surface area (Å²) in [5.41, 5.74) is -0.687. The Balaban J connectivity index is 1.72. The first-order valence-electron chi connectivity index (χ1n) is 8.80. The van der Waals surface area contributed by atoms with E-state index in [4.69, 9.17) is 27.9 Å². The number of halogens is 3. The number of benzene rings is 1. The van der Waals surface area contributed by atoms with Crippen molar-refractivity contribution in [3.05, 3.63) is 71.9 Å². The minimum Gasteiger partial charge on any atom is -0.482 e. The van der Waals surface area contributed by atoms with Crippen LogP contribution in [-0.2, 0) is 21.7 Å². The van der Waals surface area contributed by atoms with Crippen LogP contribution in [0.15, 0.2) is 60.5 Å². The molecule has 4 rings (SSSR count). The summed E-state index contributed by atoms with van der Waals surface area (Å²) >= 11 is 12.5. The topological polar surface area (TPSA) is 80.5 Å². The number of amides is 1. The average Bonchev–Trinajstić information content (AvgIpc) is 3.17. The van der Waals surface area contributed by atoms with Gasteiger partial charge in [-0.15, -0.1) is 0 Å². The van der Waals surface area contributed by atoms with Crippen LogP contribution in [0, 0.1) is 5.82 Å². The Kier molecular flexibility index (Phi) is 5.10. The van der Waals surface area contributed by atoms with E-state index < -0.39 is 15.8 Å². The minimum absolute atomic E-state index is 0.00534. The third-order valence-corrected chi connectivity index (χ3v) is 5.35. The van der Waals surface area contributed by atoms with Gasteiger partial charge in [-0.3, -0.25) is 4.79 Å². The summed E-state index contributed by atoms with van der Waals surface area (Å²) in [6, 6.07) is 5.44. The molecule has 7 nitrogen and oxygen atoms in total. The Morgan fingerprint density at radius 1 is 1.28 bits per heavy atom. The second-order valence-electron chi connectivity index (χ2n) is 6.98. The molecule has 2 aromatic rings. The van der Waals surface area contributed by atoms with Crippen molar-refractivity contribution >= 4 is 29.1 Å². The molecule has 1 N–H and O–H groups in total. The average molecular weight is 439 g/mol. The van der Waals surface area contributed by atoms with E-state index in [1.165, 1.54) is 46.5 Å². The molecule has 1 unspecified atom stereocenters. The summed E-state index contributed by atoms with van der Waals surface area (Å²) < 4.78 is 19.2. The van der Waals surface area contributed by atoms with E-state index in [0.29, 0.717) is 17.0 Å². The number of allylic oxidation sites excluding steroid dienone is 3. The van der Waals surface area contributed by atoms with Gasteiger partial charge in [0.15, 0.2) is 6.61 Å². The molecule has 1 aromatic heterocycles.